The monoisotopic (exact) mass is 379 g/mol. The summed E-state index contributed by atoms with van der Waals surface area (Å²) >= 11 is 0. The van der Waals surface area contributed by atoms with Gasteiger partial charge in [0.25, 0.3) is 5.91 Å². The SMILES string of the molecule is COC(=O)COc1ccc(NC(=O)COc2ccc3ccccc3c2)c(C)c1. The molecule has 0 fully saturated rings. The van der Waals surface area contributed by atoms with Gasteiger partial charge in [-0.05, 0) is 53.6 Å². The van der Waals surface area contributed by atoms with Crippen LogP contribution in [0.2, 0.25) is 0 Å². The molecule has 0 aliphatic rings. The third-order valence-corrected chi connectivity index (χ3v) is 4.15. The standard InChI is InChI=1S/C22H21NO5/c1-15-11-18(28-14-22(25)26-2)9-10-20(15)23-21(24)13-27-19-8-7-16-5-3-4-6-17(16)12-19/h3-12H,13-14H2,1-2H3,(H,23,24). The second-order valence-corrected chi connectivity index (χ2v) is 6.19. The van der Waals surface area contributed by atoms with Crippen molar-refractivity contribution in [3.63, 3.8) is 0 Å². The van der Waals surface area contributed by atoms with E-state index in [2.05, 4.69) is 10.1 Å². The highest BCUT2D eigenvalue weighted by atomic mass is 16.6. The summed E-state index contributed by atoms with van der Waals surface area (Å²) in [6.07, 6.45) is 0. The minimum Gasteiger partial charge on any atom is -0.484 e. The summed E-state index contributed by atoms with van der Waals surface area (Å²) in [5.41, 5.74) is 1.46. The maximum atomic E-state index is 12.2. The molecule has 144 valence electrons. The van der Waals surface area contributed by atoms with Gasteiger partial charge in [0.2, 0.25) is 0 Å². The summed E-state index contributed by atoms with van der Waals surface area (Å²) in [4.78, 5) is 23.3. The number of carbonyl (C=O) groups is 2. The van der Waals surface area contributed by atoms with Gasteiger partial charge in [-0.25, -0.2) is 4.79 Å². The lowest BCUT2D eigenvalue weighted by Crippen LogP contribution is -2.20. The first-order chi connectivity index (χ1) is 13.5. The van der Waals surface area contributed by atoms with Gasteiger partial charge in [-0.15, -0.1) is 0 Å². The number of anilines is 1. The highest BCUT2D eigenvalue weighted by Gasteiger charge is 2.08. The average molecular weight is 379 g/mol. The first kappa shape index (κ1) is 19.2. The molecule has 3 aromatic carbocycles. The van der Waals surface area contributed by atoms with E-state index >= 15 is 0 Å². The van der Waals surface area contributed by atoms with E-state index < -0.39 is 5.97 Å². The Kier molecular flexibility index (Phi) is 6.11. The van der Waals surface area contributed by atoms with Crippen LogP contribution in [0.1, 0.15) is 5.56 Å². The average Bonchev–Trinajstić information content (AvgIpc) is 2.72. The smallest absolute Gasteiger partial charge is 0.343 e. The van der Waals surface area contributed by atoms with Gasteiger partial charge in [-0.1, -0.05) is 30.3 Å². The lowest BCUT2D eigenvalue weighted by atomic mass is 10.1. The predicted molar refractivity (Wildman–Crippen MR) is 107 cm³/mol. The Hall–Kier alpha value is -3.54. The number of ether oxygens (including phenoxy) is 3. The quantitative estimate of drug-likeness (QED) is 0.634. The molecule has 0 aliphatic heterocycles. The summed E-state index contributed by atoms with van der Waals surface area (Å²) in [5.74, 6) is 0.436. The lowest BCUT2D eigenvalue weighted by molar-refractivity contribution is -0.142. The zero-order chi connectivity index (χ0) is 19.9. The predicted octanol–water partition coefficient (Wildman–Crippen LogP) is 3.72. The molecule has 28 heavy (non-hydrogen) atoms. The normalized spacial score (nSPS) is 10.4. The number of rotatable bonds is 7. The van der Waals surface area contributed by atoms with E-state index in [4.69, 9.17) is 9.47 Å². The molecule has 0 aromatic heterocycles. The van der Waals surface area contributed by atoms with E-state index in [9.17, 15) is 9.59 Å². The molecule has 0 bridgehead atoms. The Bertz CT molecular complexity index is 999. The van der Waals surface area contributed by atoms with Crippen LogP contribution in [0.3, 0.4) is 0 Å². The molecule has 0 saturated carbocycles. The van der Waals surface area contributed by atoms with E-state index in [1.165, 1.54) is 7.11 Å². The Balaban J connectivity index is 1.55. The van der Waals surface area contributed by atoms with Gasteiger partial charge in [-0.3, -0.25) is 4.79 Å². The van der Waals surface area contributed by atoms with E-state index in [1.807, 2.05) is 49.4 Å². The van der Waals surface area contributed by atoms with Gasteiger partial charge in [0.05, 0.1) is 7.11 Å². The molecule has 1 N–H and O–H groups in total. The fraction of sp³-hybridized carbons (Fsp3) is 0.182. The van der Waals surface area contributed by atoms with Gasteiger partial charge < -0.3 is 19.5 Å². The molecule has 0 aliphatic carbocycles. The topological polar surface area (TPSA) is 73.9 Å². The number of amides is 1. The van der Waals surface area contributed by atoms with Crippen LogP contribution in [0.5, 0.6) is 11.5 Å². The number of benzene rings is 3. The first-order valence-electron chi connectivity index (χ1n) is 8.77. The molecular weight excluding hydrogens is 358 g/mol. The van der Waals surface area contributed by atoms with Crippen LogP contribution in [0.15, 0.2) is 60.7 Å². The van der Waals surface area contributed by atoms with Crippen LogP contribution in [0, 0.1) is 6.92 Å². The summed E-state index contributed by atoms with van der Waals surface area (Å²) in [6.45, 7) is 1.57. The Labute approximate surface area is 163 Å². The van der Waals surface area contributed by atoms with Crippen molar-refractivity contribution >= 4 is 28.3 Å². The summed E-state index contributed by atoms with van der Waals surface area (Å²) in [5, 5.41) is 4.98. The third-order valence-electron chi connectivity index (χ3n) is 4.15. The third kappa shape index (κ3) is 5.01. The van der Waals surface area contributed by atoms with Gasteiger partial charge >= 0.3 is 5.97 Å². The van der Waals surface area contributed by atoms with E-state index in [0.29, 0.717) is 17.2 Å². The number of methoxy groups -OCH3 is 1. The zero-order valence-electron chi connectivity index (χ0n) is 15.7. The van der Waals surface area contributed by atoms with E-state index in [-0.39, 0.29) is 19.1 Å². The van der Waals surface area contributed by atoms with E-state index in [1.54, 1.807) is 18.2 Å². The molecule has 0 atom stereocenters. The number of carbonyl (C=O) groups excluding carboxylic acids is 2. The Morgan fingerprint density at radius 1 is 0.857 bits per heavy atom. The molecule has 0 spiro atoms. The fourth-order valence-electron chi connectivity index (χ4n) is 2.66. The molecule has 0 saturated heterocycles. The summed E-state index contributed by atoms with van der Waals surface area (Å²) in [7, 11) is 1.30. The van der Waals surface area contributed by atoms with Crippen LogP contribution in [-0.4, -0.2) is 32.2 Å². The molecule has 1 amide bonds. The van der Waals surface area contributed by atoms with Crippen LogP contribution in [0.4, 0.5) is 5.69 Å². The number of hydrogen-bond donors (Lipinski definition) is 1. The van der Waals surface area contributed by atoms with Crippen molar-refractivity contribution in [2.45, 2.75) is 6.92 Å². The molecule has 6 heteroatoms. The lowest BCUT2D eigenvalue weighted by Gasteiger charge is -2.12. The van der Waals surface area contributed by atoms with Crippen molar-refractivity contribution in [2.24, 2.45) is 0 Å². The van der Waals surface area contributed by atoms with Crippen LogP contribution < -0.4 is 14.8 Å². The number of aryl methyl sites for hydroxylation is 1. The molecule has 3 rings (SSSR count). The van der Waals surface area contributed by atoms with Crippen molar-refractivity contribution in [3.05, 3.63) is 66.2 Å². The number of hydrogen-bond acceptors (Lipinski definition) is 5. The van der Waals surface area contributed by atoms with Gasteiger partial charge in [0.1, 0.15) is 11.5 Å². The molecule has 0 unspecified atom stereocenters. The Morgan fingerprint density at radius 3 is 2.29 bits per heavy atom. The number of nitrogens with one attached hydrogen (secondary N) is 1. The molecule has 0 radical (unpaired) electrons. The van der Waals surface area contributed by atoms with Gasteiger partial charge in [-0.2, -0.15) is 0 Å². The van der Waals surface area contributed by atoms with Gasteiger partial charge in [0.15, 0.2) is 13.2 Å². The van der Waals surface area contributed by atoms with Crippen molar-refractivity contribution in [1.29, 1.82) is 0 Å². The van der Waals surface area contributed by atoms with Crippen molar-refractivity contribution < 1.29 is 23.8 Å². The second kappa shape index (κ2) is 8.90. The molecular formula is C22H21NO5. The molecule has 6 nitrogen and oxygen atoms in total. The largest absolute Gasteiger partial charge is 0.484 e. The highest BCUT2D eigenvalue weighted by Crippen LogP contribution is 2.22. The molecule has 3 aromatic rings. The molecule has 0 heterocycles. The van der Waals surface area contributed by atoms with Crippen molar-refractivity contribution in [3.8, 4) is 11.5 Å². The summed E-state index contributed by atoms with van der Waals surface area (Å²) < 4.78 is 15.5. The van der Waals surface area contributed by atoms with Crippen LogP contribution in [0.25, 0.3) is 10.8 Å². The van der Waals surface area contributed by atoms with Crippen molar-refractivity contribution in [1.82, 2.24) is 0 Å². The summed E-state index contributed by atoms with van der Waals surface area (Å²) in [6, 6.07) is 18.8. The number of fused-ring (bicyclic) bond motifs is 1. The first-order valence-corrected chi connectivity index (χ1v) is 8.77. The van der Waals surface area contributed by atoms with Crippen LogP contribution in [-0.2, 0) is 14.3 Å². The van der Waals surface area contributed by atoms with Crippen molar-refractivity contribution in [2.75, 3.05) is 25.6 Å². The van der Waals surface area contributed by atoms with Crippen LogP contribution >= 0.6 is 0 Å². The fourth-order valence-corrected chi connectivity index (χ4v) is 2.66. The van der Waals surface area contributed by atoms with E-state index in [0.717, 1.165) is 16.3 Å². The number of esters is 1. The minimum atomic E-state index is -0.458. The maximum absolute atomic E-state index is 12.2. The zero-order valence-corrected chi connectivity index (χ0v) is 15.7. The van der Waals surface area contributed by atoms with Gasteiger partial charge in [0, 0.05) is 5.69 Å². The second-order valence-electron chi connectivity index (χ2n) is 6.19. The highest BCUT2D eigenvalue weighted by molar-refractivity contribution is 5.92. The Morgan fingerprint density at radius 2 is 1.54 bits per heavy atom. The maximum Gasteiger partial charge on any atom is 0.343 e. The minimum absolute atomic E-state index is 0.0988.